The summed E-state index contributed by atoms with van der Waals surface area (Å²) in [5.41, 5.74) is 14.1. The van der Waals surface area contributed by atoms with Crippen molar-refractivity contribution < 1.29 is 4.79 Å². The van der Waals surface area contributed by atoms with Gasteiger partial charge in [-0.25, -0.2) is 4.98 Å². The van der Waals surface area contributed by atoms with Gasteiger partial charge in [-0.3, -0.25) is 4.79 Å². The number of H-pyrrole nitrogens is 1. The number of nitrogen functional groups attached to an aromatic ring is 1. The quantitative estimate of drug-likeness (QED) is 0.636. The van der Waals surface area contributed by atoms with Gasteiger partial charge in [0.15, 0.2) is 5.82 Å². The van der Waals surface area contributed by atoms with E-state index in [0.29, 0.717) is 11.4 Å². The summed E-state index contributed by atoms with van der Waals surface area (Å²) in [4.78, 5) is 21.1. The van der Waals surface area contributed by atoms with Crippen molar-refractivity contribution in [1.82, 2.24) is 9.97 Å². The number of hydrogen-bond acceptors (Lipinski definition) is 5. The molecular weight excluding hydrogens is 280 g/mol. The van der Waals surface area contributed by atoms with Crippen LogP contribution in [-0.4, -0.2) is 35.0 Å². The lowest BCUT2D eigenvalue weighted by molar-refractivity contribution is 0.101. The SMILES string of the molecule is Nc1ccc(N2CCC[C@@H](N)C2)c(NC(=O)c2ncc[nH]2)c1. The first-order valence-electron chi connectivity index (χ1n) is 7.34. The summed E-state index contributed by atoms with van der Waals surface area (Å²) in [5.74, 6) is -0.0260. The van der Waals surface area contributed by atoms with Gasteiger partial charge in [0.2, 0.25) is 0 Å². The minimum Gasteiger partial charge on any atom is -0.399 e. The average molecular weight is 300 g/mol. The maximum Gasteiger partial charge on any atom is 0.291 e. The molecule has 0 saturated carbocycles. The van der Waals surface area contributed by atoms with Crippen molar-refractivity contribution in [3.63, 3.8) is 0 Å². The van der Waals surface area contributed by atoms with Crippen LogP contribution in [0.2, 0.25) is 0 Å². The fourth-order valence-electron chi connectivity index (χ4n) is 2.73. The maximum absolute atomic E-state index is 12.2. The van der Waals surface area contributed by atoms with Crippen molar-refractivity contribution in [2.24, 2.45) is 5.73 Å². The molecule has 1 aromatic heterocycles. The van der Waals surface area contributed by atoms with Crippen LogP contribution >= 0.6 is 0 Å². The molecule has 0 spiro atoms. The molecule has 1 fully saturated rings. The molecule has 1 aliphatic heterocycles. The Morgan fingerprint density at radius 1 is 1.45 bits per heavy atom. The van der Waals surface area contributed by atoms with Gasteiger partial charge in [-0.05, 0) is 31.0 Å². The Bertz CT molecular complexity index is 654. The number of hydrogen-bond donors (Lipinski definition) is 4. The maximum atomic E-state index is 12.2. The van der Waals surface area contributed by atoms with Crippen LogP contribution in [0.25, 0.3) is 0 Å². The average Bonchev–Trinajstić information content (AvgIpc) is 3.01. The monoisotopic (exact) mass is 300 g/mol. The molecule has 22 heavy (non-hydrogen) atoms. The first-order valence-corrected chi connectivity index (χ1v) is 7.34. The Hall–Kier alpha value is -2.54. The van der Waals surface area contributed by atoms with Crippen LogP contribution in [0.5, 0.6) is 0 Å². The van der Waals surface area contributed by atoms with E-state index in [9.17, 15) is 4.79 Å². The molecule has 2 aromatic rings. The normalized spacial score (nSPS) is 18.2. The number of nitrogens with one attached hydrogen (secondary N) is 2. The van der Waals surface area contributed by atoms with Gasteiger partial charge < -0.3 is 26.7 Å². The van der Waals surface area contributed by atoms with Gasteiger partial charge in [0.25, 0.3) is 5.91 Å². The number of nitrogens with two attached hydrogens (primary N) is 2. The van der Waals surface area contributed by atoms with E-state index in [-0.39, 0.29) is 17.8 Å². The number of amides is 1. The number of aromatic amines is 1. The molecule has 3 rings (SSSR count). The molecule has 1 aromatic carbocycles. The standard InChI is InChI=1S/C15H20N6O/c16-10-3-4-13(21-7-1-2-11(17)9-21)12(8-10)20-15(22)14-18-5-6-19-14/h3-6,8,11H,1-2,7,9,16-17H2,(H,18,19)(H,20,22)/t11-/m1/s1. The lowest BCUT2D eigenvalue weighted by atomic mass is 10.1. The zero-order chi connectivity index (χ0) is 15.5. The summed E-state index contributed by atoms with van der Waals surface area (Å²) in [6, 6.07) is 5.67. The number of nitrogens with zero attached hydrogens (tertiary/aromatic N) is 2. The van der Waals surface area contributed by atoms with E-state index in [4.69, 9.17) is 11.5 Å². The van der Waals surface area contributed by atoms with Crippen LogP contribution in [0.1, 0.15) is 23.5 Å². The van der Waals surface area contributed by atoms with Crippen molar-refractivity contribution in [1.29, 1.82) is 0 Å². The number of rotatable bonds is 3. The minimum absolute atomic E-state index is 0.153. The van der Waals surface area contributed by atoms with Crippen LogP contribution in [0.15, 0.2) is 30.6 Å². The van der Waals surface area contributed by atoms with Crippen LogP contribution in [0, 0.1) is 0 Å². The summed E-state index contributed by atoms with van der Waals surface area (Å²) in [5, 5.41) is 2.87. The highest BCUT2D eigenvalue weighted by Gasteiger charge is 2.20. The smallest absolute Gasteiger partial charge is 0.291 e. The van der Waals surface area contributed by atoms with Gasteiger partial charge in [-0.15, -0.1) is 0 Å². The topological polar surface area (TPSA) is 113 Å². The molecule has 0 aliphatic carbocycles. The number of piperidine rings is 1. The van der Waals surface area contributed by atoms with E-state index in [1.54, 1.807) is 18.5 Å². The molecule has 1 atom stereocenters. The second-order valence-electron chi connectivity index (χ2n) is 5.52. The fourth-order valence-corrected chi connectivity index (χ4v) is 2.73. The Labute approximate surface area is 128 Å². The van der Waals surface area contributed by atoms with Crippen LogP contribution in [0.4, 0.5) is 17.1 Å². The van der Waals surface area contributed by atoms with E-state index in [0.717, 1.165) is 31.6 Å². The van der Waals surface area contributed by atoms with E-state index in [1.165, 1.54) is 0 Å². The summed E-state index contributed by atoms with van der Waals surface area (Å²) in [7, 11) is 0. The van der Waals surface area contributed by atoms with Gasteiger partial charge in [0.1, 0.15) is 0 Å². The molecule has 6 N–H and O–H groups in total. The highest BCUT2D eigenvalue weighted by Crippen LogP contribution is 2.30. The second-order valence-corrected chi connectivity index (χ2v) is 5.52. The van der Waals surface area contributed by atoms with E-state index >= 15 is 0 Å². The highest BCUT2D eigenvalue weighted by molar-refractivity contribution is 6.03. The zero-order valence-corrected chi connectivity index (χ0v) is 12.2. The molecule has 0 bridgehead atoms. The van der Waals surface area contributed by atoms with Gasteiger partial charge >= 0.3 is 0 Å². The number of imidazole rings is 1. The second kappa shape index (κ2) is 6.07. The Morgan fingerprint density at radius 2 is 2.32 bits per heavy atom. The third-order valence-electron chi connectivity index (χ3n) is 3.78. The number of carbonyl (C=O) groups is 1. The van der Waals surface area contributed by atoms with Gasteiger partial charge in [-0.2, -0.15) is 0 Å². The predicted molar refractivity (Wildman–Crippen MR) is 86.8 cm³/mol. The third-order valence-corrected chi connectivity index (χ3v) is 3.78. The lowest BCUT2D eigenvalue weighted by Gasteiger charge is -2.34. The van der Waals surface area contributed by atoms with E-state index in [1.807, 2.05) is 12.1 Å². The molecule has 1 saturated heterocycles. The number of anilines is 3. The first-order chi connectivity index (χ1) is 10.6. The highest BCUT2D eigenvalue weighted by atomic mass is 16.2. The Morgan fingerprint density at radius 3 is 3.05 bits per heavy atom. The summed E-state index contributed by atoms with van der Waals surface area (Å²) in [6.45, 7) is 1.69. The number of aromatic nitrogens is 2. The molecule has 116 valence electrons. The van der Waals surface area contributed by atoms with Crippen LogP contribution in [-0.2, 0) is 0 Å². The van der Waals surface area contributed by atoms with Crippen molar-refractivity contribution in [3.05, 3.63) is 36.4 Å². The van der Waals surface area contributed by atoms with Gasteiger partial charge in [0.05, 0.1) is 11.4 Å². The Kier molecular flexibility index (Phi) is 3.97. The van der Waals surface area contributed by atoms with E-state index < -0.39 is 0 Å². The molecule has 1 amide bonds. The van der Waals surface area contributed by atoms with E-state index in [2.05, 4.69) is 20.2 Å². The van der Waals surface area contributed by atoms with Gasteiger partial charge in [-0.1, -0.05) is 0 Å². The number of carbonyl (C=O) groups excluding carboxylic acids is 1. The van der Waals surface area contributed by atoms with Crippen LogP contribution in [0.3, 0.4) is 0 Å². The molecule has 2 heterocycles. The largest absolute Gasteiger partial charge is 0.399 e. The fraction of sp³-hybridized carbons (Fsp3) is 0.333. The molecule has 7 nitrogen and oxygen atoms in total. The molecule has 7 heteroatoms. The summed E-state index contributed by atoms with van der Waals surface area (Å²) < 4.78 is 0. The third kappa shape index (κ3) is 3.04. The van der Waals surface area contributed by atoms with Crippen molar-refractivity contribution in [2.45, 2.75) is 18.9 Å². The summed E-state index contributed by atoms with van der Waals surface area (Å²) in [6.07, 6.45) is 5.22. The van der Waals surface area contributed by atoms with Crippen LogP contribution < -0.4 is 21.7 Å². The molecule has 1 aliphatic rings. The zero-order valence-electron chi connectivity index (χ0n) is 12.2. The number of benzene rings is 1. The molecule has 0 unspecified atom stereocenters. The Balaban J connectivity index is 1.86. The minimum atomic E-state index is -0.293. The van der Waals surface area contributed by atoms with Crippen molar-refractivity contribution in [2.75, 3.05) is 29.0 Å². The molecule has 0 radical (unpaired) electrons. The van der Waals surface area contributed by atoms with Gasteiger partial charge in [0, 0.05) is 37.2 Å². The molecular formula is C15H20N6O. The predicted octanol–water partition coefficient (Wildman–Crippen LogP) is 1.17. The lowest BCUT2D eigenvalue weighted by Crippen LogP contribution is -2.43. The summed E-state index contributed by atoms with van der Waals surface area (Å²) >= 11 is 0. The first kappa shape index (κ1) is 14.4. The van der Waals surface area contributed by atoms with Crippen molar-refractivity contribution in [3.8, 4) is 0 Å². The van der Waals surface area contributed by atoms with Crippen molar-refractivity contribution >= 4 is 23.0 Å².